The largest absolute Gasteiger partial charge is 0.497 e. The van der Waals surface area contributed by atoms with Gasteiger partial charge in [0, 0.05) is 52.5 Å². The summed E-state index contributed by atoms with van der Waals surface area (Å²) >= 11 is 0. The molecule has 0 fully saturated rings. The number of nitrogens with two attached hydrogens (primary N) is 1. The van der Waals surface area contributed by atoms with E-state index in [1.165, 1.54) is 16.7 Å². The molecule has 0 radical (unpaired) electrons. The molecule has 0 aromatic heterocycles. The zero-order valence-electron chi connectivity index (χ0n) is 41.1. The molecule has 0 unspecified atom stereocenters. The number of likely N-dealkylation sites (N-methyl/N-ethyl adjacent to an activating group) is 2. The summed E-state index contributed by atoms with van der Waals surface area (Å²) in [4.78, 5) is 4.47. The number of hydrogen-bond acceptors (Lipinski definition) is 16. The molecule has 0 heterocycles. The second-order valence-corrected chi connectivity index (χ2v) is 16.2. The molecule has 3 rings (SSSR count). The summed E-state index contributed by atoms with van der Waals surface area (Å²) in [7, 11) is 7.81. The second kappa shape index (κ2) is 43.2. The molecule has 374 valence electrons. The molecule has 0 amide bonds. The van der Waals surface area contributed by atoms with Crippen LogP contribution >= 0.6 is 0 Å². The van der Waals surface area contributed by atoms with Crippen molar-refractivity contribution < 1.29 is 55.2 Å². The van der Waals surface area contributed by atoms with E-state index in [2.05, 4.69) is 76.7 Å². The van der Waals surface area contributed by atoms with Crippen molar-refractivity contribution in [2.45, 2.75) is 46.3 Å². The van der Waals surface area contributed by atoms with Crippen LogP contribution in [0.2, 0.25) is 0 Å². The molecule has 0 saturated carbocycles. The summed E-state index contributed by atoms with van der Waals surface area (Å²) in [6, 6.07) is 24.3. The fourth-order valence-electron chi connectivity index (χ4n) is 5.21. The van der Waals surface area contributed by atoms with Crippen LogP contribution in [0.25, 0.3) is 0 Å². The third-order valence-corrected chi connectivity index (χ3v) is 9.19. The highest BCUT2D eigenvalue weighted by atomic mass is 32.2. The standard InChI is InChI=1S/C16H27NO3.C15H26N2O3.C9H13NO.C8H18O5S/c1-4-10-19-12-13-20-11-9-17(2)14-15-5-7-16(18-3)8-6-15;1-17(8-10-20-12-11-19-9-7-16)13-14-3-5-15(18-2)6-4-14;1-10-7-8-3-5-9(11-2)6-4-8;1-3-4-11-5-6-12-7-8-13-14(2,9)10/h5-8H,4,9-14H2,1-3H3;3-6H,7-13,16H2,1-2H3;3-6,10H,7H2,1-2H3;3-8H2,1-2H3. The molecule has 3 aromatic rings. The van der Waals surface area contributed by atoms with Gasteiger partial charge in [-0.1, -0.05) is 50.2 Å². The first-order chi connectivity index (χ1) is 31.4. The van der Waals surface area contributed by atoms with Crippen LogP contribution in [0, 0.1) is 0 Å². The summed E-state index contributed by atoms with van der Waals surface area (Å²) in [5.41, 5.74) is 9.13. The zero-order valence-corrected chi connectivity index (χ0v) is 41.9. The number of rotatable bonds is 34. The number of methoxy groups -OCH3 is 3. The van der Waals surface area contributed by atoms with Crippen molar-refractivity contribution in [3.05, 3.63) is 89.5 Å². The maximum Gasteiger partial charge on any atom is 0.264 e. The normalized spacial score (nSPS) is 11.0. The van der Waals surface area contributed by atoms with Gasteiger partial charge in [0.25, 0.3) is 10.1 Å². The molecule has 65 heavy (non-hydrogen) atoms. The van der Waals surface area contributed by atoms with Gasteiger partial charge in [0.15, 0.2) is 0 Å². The van der Waals surface area contributed by atoms with Gasteiger partial charge in [-0.25, -0.2) is 0 Å². The van der Waals surface area contributed by atoms with Gasteiger partial charge < -0.3 is 53.7 Å². The minimum atomic E-state index is -3.34. The SMILES string of the molecule is CCCOCCOCCN(C)Cc1ccc(OC)cc1.CCCOCCOCCOS(C)(=O)=O.CNCc1ccc(OC)cc1.COc1ccc(CN(C)CCOCCOCCN)cc1. The molecule has 17 heteroatoms. The highest BCUT2D eigenvalue weighted by molar-refractivity contribution is 7.85. The lowest BCUT2D eigenvalue weighted by atomic mass is 10.2. The van der Waals surface area contributed by atoms with E-state index < -0.39 is 10.1 Å². The van der Waals surface area contributed by atoms with Crippen LogP contribution in [-0.2, 0) is 62.4 Å². The van der Waals surface area contributed by atoms with Crippen LogP contribution < -0.4 is 25.3 Å². The van der Waals surface area contributed by atoms with Crippen LogP contribution in [0.4, 0.5) is 0 Å². The molecule has 0 atom stereocenters. The Bertz CT molecular complexity index is 1510. The molecule has 0 spiro atoms. The molecule has 0 aliphatic rings. The topological polar surface area (TPSA) is 171 Å². The first-order valence-corrected chi connectivity index (χ1v) is 24.2. The van der Waals surface area contributed by atoms with Crippen molar-refractivity contribution in [3.8, 4) is 17.2 Å². The fourth-order valence-corrected chi connectivity index (χ4v) is 5.58. The number of hydrogen-bond donors (Lipinski definition) is 2. The van der Waals surface area contributed by atoms with E-state index in [1.54, 1.807) is 21.3 Å². The van der Waals surface area contributed by atoms with Crippen molar-refractivity contribution >= 4 is 10.1 Å². The Hall–Kier alpha value is -3.43. The van der Waals surface area contributed by atoms with Gasteiger partial charge in [0.1, 0.15) is 17.2 Å². The van der Waals surface area contributed by atoms with E-state index in [1.807, 2.05) is 50.4 Å². The molecule has 0 aliphatic heterocycles. The average molecular weight is 941 g/mol. The summed E-state index contributed by atoms with van der Waals surface area (Å²) in [6.45, 7) is 16.7. The van der Waals surface area contributed by atoms with Crippen LogP contribution in [0.3, 0.4) is 0 Å². The maximum absolute atomic E-state index is 10.5. The Morgan fingerprint density at radius 2 is 0.815 bits per heavy atom. The predicted octanol–water partition coefficient (Wildman–Crippen LogP) is 5.51. The quantitative estimate of drug-likeness (QED) is 0.0567. The van der Waals surface area contributed by atoms with Crippen LogP contribution in [0.5, 0.6) is 17.2 Å². The van der Waals surface area contributed by atoms with Crippen molar-refractivity contribution in [1.82, 2.24) is 15.1 Å². The molecular weight excluding hydrogens is 857 g/mol. The van der Waals surface area contributed by atoms with Gasteiger partial charge in [0.05, 0.1) is 100 Å². The van der Waals surface area contributed by atoms with E-state index in [9.17, 15) is 8.42 Å². The molecule has 0 bridgehead atoms. The zero-order chi connectivity index (χ0) is 48.2. The number of benzene rings is 3. The van der Waals surface area contributed by atoms with Crippen LogP contribution in [-0.4, -0.2) is 172 Å². The van der Waals surface area contributed by atoms with Gasteiger partial charge in [-0.05, 0) is 87.1 Å². The third kappa shape index (κ3) is 39.5. The minimum absolute atomic E-state index is 0.0621. The summed E-state index contributed by atoms with van der Waals surface area (Å²) in [5.74, 6) is 2.69. The van der Waals surface area contributed by atoms with E-state index in [0.717, 1.165) is 88.9 Å². The van der Waals surface area contributed by atoms with E-state index in [-0.39, 0.29) is 13.2 Å². The summed E-state index contributed by atoms with van der Waals surface area (Å²) < 4.78 is 72.6. The second-order valence-electron chi connectivity index (χ2n) is 14.5. The Morgan fingerprint density at radius 3 is 1.14 bits per heavy atom. The molecular formula is C48H84N4O12S. The van der Waals surface area contributed by atoms with Gasteiger partial charge >= 0.3 is 0 Å². The number of nitrogens with one attached hydrogen (secondary N) is 1. The molecule has 0 saturated heterocycles. The predicted molar refractivity (Wildman–Crippen MR) is 260 cm³/mol. The minimum Gasteiger partial charge on any atom is -0.497 e. The van der Waals surface area contributed by atoms with Crippen molar-refractivity contribution in [2.75, 3.05) is 154 Å². The highest BCUT2D eigenvalue weighted by Crippen LogP contribution is 2.14. The maximum atomic E-state index is 10.5. The third-order valence-electron chi connectivity index (χ3n) is 8.60. The lowest BCUT2D eigenvalue weighted by molar-refractivity contribution is 0.0374. The lowest BCUT2D eigenvalue weighted by Gasteiger charge is -2.17. The smallest absolute Gasteiger partial charge is 0.264 e. The van der Waals surface area contributed by atoms with Gasteiger partial charge in [0.2, 0.25) is 0 Å². The Balaban J connectivity index is 0.000000862. The first kappa shape index (κ1) is 61.6. The van der Waals surface area contributed by atoms with Crippen LogP contribution in [0.15, 0.2) is 72.8 Å². The van der Waals surface area contributed by atoms with Crippen LogP contribution in [0.1, 0.15) is 43.4 Å². The lowest BCUT2D eigenvalue weighted by Crippen LogP contribution is -2.23. The molecule has 3 aromatic carbocycles. The van der Waals surface area contributed by atoms with E-state index in [0.29, 0.717) is 59.4 Å². The molecule has 0 aliphatic carbocycles. The van der Waals surface area contributed by atoms with Crippen molar-refractivity contribution in [2.24, 2.45) is 5.73 Å². The monoisotopic (exact) mass is 941 g/mol. The van der Waals surface area contributed by atoms with E-state index >= 15 is 0 Å². The average Bonchev–Trinajstić information content (AvgIpc) is 3.30. The Kier molecular flexibility index (Phi) is 40.9. The molecule has 3 N–H and O–H groups in total. The number of nitrogens with zero attached hydrogens (tertiary/aromatic N) is 2. The van der Waals surface area contributed by atoms with E-state index in [4.69, 9.17) is 48.4 Å². The van der Waals surface area contributed by atoms with Gasteiger partial charge in [-0.3, -0.25) is 14.0 Å². The van der Waals surface area contributed by atoms with Crippen molar-refractivity contribution in [1.29, 1.82) is 0 Å². The fraction of sp³-hybridized carbons (Fsp3) is 0.625. The van der Waals surface area contributed by atoms with Crippen molar-refractivity contribution in [3.63, 3.8) is 0 Å². The number of ether oxygens (including phenoxy) is 9. The van der Waals surface area contributed by atoms with Gasteiger partial charge in [-0.15, -0.1) is 0 Å². The summed E-state index contributed by atoms with van der Waals surface area (Å²) in [6.07, 6.45) is 3.05. The summed E-state index contributed by atoms with van der Waals surface area (Å²) in [5, 5.41) is 3.08. The highest BCUT2D eigenvalue weighted by Gasteiger charge is 2.03. The Labute approximate surface area is 392 Å². The van der Waals surface area contributed by atoms with Gasteiger partial charge in [-0.2, -0.15) is 8.42 Å². The Morgan fingerprint density at radius 1 is 0.492 bits per heavy atom. The first-order valence-electron chi connectivity index (χ1n) is 22.4. The molecule has 16 nitrogen and oxygen atoms in total.